The molecule has 0 bridgehead atoms. The van der Waals surface area contributed by atoms with Gasteiger partial charge in [0, 0.05) is 30.6 Å². The maximum atomic E-state index is 5.87. The molecule has 2 aromatic heterocycles. The van der Waals surface area contributed by atoms with Crippen LogP contribution in [0.2, 0.25) is 0 Å². The smallest absolute Gasteiger partial charge is 0.316 e. The SMILES string of the molecule is COc1cnc(OC2CCN(c3cc(C4CCC4)ncn3)C2)nc1. The molecule has 1 unspecified atom stereocenters. The lowest BCUT2D eigenvalue weighted by Crippen LogP contribution is -2.26. The van der Waals surface area contributed by atoms with Crippen LogP contribution in [0.4, 0.5) is 5.82 Å². The van der Waals surface area contributed by atoms with Crippen molar-refractivity contribution in [1.29, 1.82) is 0 Å². The van der Waals surface area contributed by atoms with Gasteiger partial charge in [-0.05, 0) is 12.8 Å². The molecule has 0 radical (unpaired) electrons. The summed E-state index contributed by atoms with van der Waals surface area (Å²) in [6.45, 7) is 1.71. The minimum atomic E-state index is 0.0699. The quantitative estimate of drug-likeness (QED) is 0.833. The molecule has 0 N–H and O–H groups in total. The lowest BCUT2D eigenvalue weighted by atomic mass is 9.83. The molecule has 7 nitrogen and oxygen atoms in total. The van der Waals surface area contributed by atoms with Gasteiger partial charge in [-0.2, -0.15) is 9.97 Å². The molecule has 0 amide bonds. The number of ether oxygens (including phenoxy) is 2. The van der Waals surface area contributed by atoms with Crippen molar-refractivity contribution in [2.45, 2.75) is 37.7 Å². The van der Waals surface area contributed by atoms with E-state index in [0.29, 0.717) is 17.7 Å². The number of nitrogens with zero attached hydrogens (tertiary/aromatic N) is 5. The topological polar surface area (TPSA) is 73.3 Å². The van der Waals surface area contributed by atoms with Crippen molar-refractivity contribution < 1.29 is 9.47 Å². The van der Waals surface area contributed by atoms with Gasteiger partial charge < -0.3 is 14.4 Å². The minimum Gasteiger partial charge on any atom is -0.494 e. The van der Waals surface area contributed by atoms with E-state index < -0.39 is 0 Å². The first kappa shape index (κ1) is 15.1. The largest absolute Gasteiger partial charge is 0.494 e. The van der Waals surface area contributed by atoms with Gasteiger partial charge >= 0.3 is 6.01 Å². The van der Waals surface area contributed by atoms with Crippen molar-refractivity contribution in [3.63, 3.8) is 0 Å². The monoisotopic (exact) mass is 327 g/mol. The molecule has 2 aliphatic rings. The molecule has 1 atom stereocenters. The number of aromatic nitrogens is 4. The summed E-state index contributed by atoms with van der Waals surface area (Å²) >= 11 is 0. The Morgan fingerprint density at radius 2 is 1.92 bits per heavy atom. The van der Waals surface area contributed by atoms with Crippen molar-refractivity contribution in [3.8, 4) is 11.8 Å². The molecule has 1 saturated carbocycles. The third kappa shape index (κ3) is 3.11. The number of hydrogen-bond donors (Lipinski definition) is 0. The van der Waals surface area contributed by atoms with Gasteiger partial charge in [-0.1, -0.05) is 6.42 Å². The normalized spacial score (nSPS) is 20.7. The highest BCUT2D eigenvalue weighted by atomic mass is 16.5. The van der Waals surface area contributed by atoms with Gasteiger partial charge in [0.1, 0.15) is 18.2 Å². The fraction of sp³-hybridized carbons (Fsp3) is 0.529. The Morgan fingerprint density at radius 3 is 2.62 bits per heavy atom. The van der Waals surface area contributed by atoms with E-state index in [9.17, 15) is 0 Å². The standard InChI is InChI=1S/C17H21N5O2/c1-23-14-8-18-17(19-9-14)24-13-5-6-22(10-13)16-7-15(20-11-21-16)12-3-2-4-12/h7-9,11-13H,2-6,10H2,1H3. The molecule has 3 heterocycles. The highest BCUT2D eigenvalue weighted by Crippen LogP contribution is 2.36. The van der Waals surface area contributed by atoms with E-state index in [4.69, 9.17) is 9.47 Å². The average Bonchev–Trinajstić information content (AvgIpc) is 3.03. The van der Waals surface area contributed by atoms with Crippen molar-refractivity contribution >= 4 is 5.82 Å². The Bertz CT molecular complexity index is 690. The average molecular weight is 327 g/mol. The number of methoxy groups -OCH3 is 1. The van der Waals surface area contributed by atoms with Crippen LogP contribution in [0, 0.1) is 0 Å². The van der Waals surface area contributed by atoms with E-state index in [2.05, 4.69) is 30.9 Å². The molecule has 0 aromatic carbocycles. The summed E-state index contributed by atoms with van der Waals surface area (Å²) in [5, 5.41) is 0. The fourth-order valence-electron chi connectivity index (χ4n) is 3.11. The molecular weight excluding hydrogens is 306 g/mol. The molecule has 24 heavy (non-hydrogen) atoms. The van der Waals surface area contributed by atoms with Crippen LogP contribution < -0.4 is 14.4 Å². The summed E-state index contributed by atoms with van der Waals surface area (Å²) in [5.41, 5.74) is 1.18. The highest BCUT2D eigenvalue weighted by Gasteiger charge is 2.27. The molecule has 0 spiro atoms. The van der Waals surface area contributed by atoms with Gasteiger partial charge in [0.15, 0.2) is 5.75 Å². The fourth-order valence-corrected chi connectivity index (χ4v) is 3.11. The van der Waals surface area contributed by atoms with Crippen LogP contribution >= 0.6 is 0 Å². The van der Waals surface area contributed by atoms with E-state index in [1.165, 1.54) is 25.0 Å². The summed E-state index contributed by atoms with van der Waals surface area (Å²) in [6, 6.07) is 2.52. The first-order valence-electron chi connectivity index (χ1n) is 8.41. The molecule has 1 aliphatic carbocycles. The van der Waals surface area contributed by atoms with E-state index in [1.807, 2.05) is 0 Å². The van der Waals surface area contributed by atoms with Crippen LogP contribution in [0.5, 0.6) is 11.8 Å². The summed E-state index contributed by atoms with van der Waals surface area (Å²) in [4.78, 5) is 19.4. The zero-order valence-electron chi connectivity index (χ0n) is 13.8. The molecule has 4 rings (SSSR count). The third-order valence-electron chi connectivity index (χ3n) is 4.78. The van der Waals surface area contributed by atoms with E-state index in [1.54, 1.807) is 25.8 Å². The molecular formula is C17H21N5O2. The molecule has 2 fully saturated rings. The Hall–Kier alpha value is -2.44. The zero-order valence-corrected chi connectivity index (χ0v) is 13.8. The molecule has 1 aliphatic heterocycles. The van der Waals surface area contributed by atoms with E-state index in [0.717, 1.165) is 25.3 Å². The predicted molar refractivity (Wildman–Crippen MR) is 88.5 cm³/mol. The van der Waals surface area contributed by atoms with Crippen LogP contribution in [0.1, 0.15) is 37.3 Å². The maximum absolute atomic E-state index is 5.87. The van der Waals surface area contributed by atoms with Crippen molar-refractivity contribution in [2.24, 2.45) is 0 Å². The van der Waals surface area contributed by atoms with Gasteiger partial charge in [-0.15, -0.1) is 0 Å². The van der Waals surface area contributed by atoms with Crippen LogP contribution in [-0.2, 0) is 0 Å². The maximum Gasteiger partial charge on any atom is 0.316 e. The second-order valence-electron chi connectivity index (χ2n) is 6.31. The summed E-state index contributed by atoms with van der Waals surface area (Å²) in [5.74, 6) is 2.24. The number of anilines is 1. The lowest BCUT2D eigenvalue weighted by molar-refractivity contribution is 0.205. The Balaban J connectivity index is 1.38. The molecule has 126 valence electrons. The summed E-state index contributed by atoms with van der Waals surface area (Å²) in [6.07, 6.45) is 9.72. The van der Waals surface area contributed by atoms with Crippen LogP contribution in [0.25, 0.3) is 0 Å². The molecule has 2 aromatic rings. The van der Waals surface area contributed by atoms with Crippen molar-refractivity contribution in [2.75, 3.05) is 25.1 Å². The number of hydrogen-bond acceptors (Lipinski definition) is 7. The van der Waals surface area contributed by atoms with Crippen LogP contribution in [-0.4, -0.2) is 46.2 Å². The molecule has 1 saturated heterocycles. The first-order valence-corrected chi connectivity index (χ1v) is 8.41. The second kappa shape index (κ2) is 6.59. The van der Waals surface area contributed by atoms with Crippen LogP contribution in [0.3, 0.4) is 0 Å². The number of rotatable bonds is 5. The summed E-state index contributed by atoms with van der Waals surface area (Å²) < 4.78 is 10.9. The van der Waals surface area contributed by atoms with Gasteiger partial charge in [0.25, 0.3) is 0 Å². The minimum absolute atomic E-state index is 0.0699. The second-order valence-corrected chi connectivity index (χ2v) is 6.31. The first-order chi connectivity index (χ1) is 11.8. The van der Waals surface area contributed by atoms with Gasteiger partial charge in [0.05, 0.1) is 26.0 Å². The van der Waals surface area contributed by atoms with Gasteiger partial charge in [-0.25, -0.2) is 9.97 Å². The van der Waals surface area contributed by atoms with Crippen LogP contribution in [0.15, 0.2) is 24.8 Å². The zero-order chi connectivity index (χ0) is 16.4. The Kier molecular flexibility index (Phi) is 4.15. The highest BCUT2D eigenvalue weighted by molar-refractivity contribution is 5.41. The lowest BCUT2D eigenvalue weighted by Gasteiger charge is -2.26. The van der Waals surface area contributed by atoms with E-state index in [-0.39, 0.29) is 6.10 Å². The Morgan fingerprint density at radius 1 is 1.08 bits per heavy atom. The van der Waals surface area contributed by atoms with Gasteiger partial charge in [0.2, 0.25) is 0 Å². The Labute approximate surface area is 141 Å². The summed E-state index contributed by atoms with van der Waals surface area (Å²) in [7, 11) is 1.59. The predicted octanol–water partition coefficient (Wildman–Crippen LogP) is 2.20. The van der Waals surface area contributed by atoms with E-state index >= 15 is 0 Å². The van der Waals surface area contributed by atoms with Gasteiger partial charge in [-0.3, -0.25) is 0 Å². The van der Waals surface area contributed by atoms with Crippen molar-refractivity contribution in [3.05, 3.63) is 30.5 Å². The molecule has 7 heteroatoms. The third-order valence-corrected chi connectivity index (χ3v) is 4.78. The van der Waals surface area contributed by atoms with Crippen molar-refractivity contribution in [1.82, 2.24) is 19.9 Å².